The summed E-state index contributed by atoms with van der Waals surface area (Å²) < 4.78 is 0. The fourth-order valence-corrected chi connectivity index (χ4v) is 2.52. The monoisotopic (exact) mass is 194 g/mol. The molecule has 0 amide bonds. The first-order valence-corrected chi connectivity index (χ1v) is 5.61. The maximum atomic E-state index is 8.70. The maximum absolute atomic E-state index is 8.70. The summed E-state index contributed by atoms with van der Waals surface area (Å²) in [5, 5.41) is 8.70. The van der Waals surface area contributed by atoms with Crippen molar-refractivity contribution in [2.45, 2.75) is 58.5 Å². The molecule has 1 atom stereocenters. The molecule has 1 heterocycles. The van der Waals surface area contributed by atoms with E-state index in [0.717, 1.165) is 13.0 Å². The summed E-state index contributed by atoms with van der Waals surface area (Å²) in [7, 11) is 0. The van der Waals surface area contributed by atoms with Gasteiger partial charge in [0, 0.05) is 24.5 Å². The Hall–Kier alpha value is -0.550. The molecule has 0 aromatic carbocycles. The average Bonchev–Trinajstić information content (AvgIpc) is 2.08. The summed E-state index contributed by atoms with van der Waals surface area (Å²) >= 11 is 0. The Morgan fingerprint density at radius 2 is 2.14 bits per heavy atom. The summed E-state index contributed by atoms with van der Waals surface area (Å²) in [5.41, 5.74) is 0.320. The first-order valence-electron chi connectivity index (χ1n) is 5.61. The third-order valence-corrected chi connectivity index (χ3v) is 3.40. The van der Waals surface area contributed by atoms with Crippen LogP contribution in [0.3, 0.4) is 0 Å². The summed E-state index contributed by atoms with van der Waals surface area (Å²) in [6.45, 7) is 10.2. The smallest absolute Gasteiger partial charge is 0.0625 e. The second-order valence-corrected chi connectivity index (χ2v) is 5.33. The molecule has 2 heteroatoms. The van der Waals surface area contributed by atoms with Crippen LogP contribution in [0.5, 0.6) is 0 Å². The minimum atomic E-state index is 0.320. The lowest BCUT2D eigenvalue weighted by atomic mass is 9.83. The third kappa shape index (κ3) is 2.48. The van der Waals surface area contributed by atoms with E-state index in [1.807, 2.05) is 0 Å². The van der Waals surface area contributed by atoms with E-state index in [-0.39, 0.29) is 0 Å². The molecular formula is C12H22N2. The van der Waals surface area contributed by atoms with Crippen molar-refractivity contribution in [3.05, 3.63) is 0 Å². The van der Waals surface area contributed by atoms with Crippen LogP contribution in [-0.2, 0) is 0 Å². The molecule has 0 aromatic heterocycles. The van der Waals surface area contributed by atoms with E-state index in [9.17, 15) is 0 Å². The van der Waals surface area contributed by atoms with E-state index in [4.69, 9.17) is 5.26 Å². The Bertz CT molecular complexity index is 225. The molecular weight excluding hydrogens is 172 g/mol. The predicted octanol–water partition coefficient (Wildman–Crippen LogP) is 2.80. The fourth-order valence-electron chi connectivity index (χ4n) is 2.52. The van der Waals surface area contributed by atoms with Gasteiger partial charge in [0.1, 0.15) is 0 Å². The van der Waals surface area contributed by atoms with Gasteiger partial charge in [-0.05, 0) is 46.5 Å². The highest BCUT2D eigenvalue weighted by molar-refractivity contribution is 4.92. The highest BCUT2D eigenvalue weighted by atomic mass is 15.2. The Kier molecular flexibility index (Phi) is 3.55. The van der Waals surface area contributed by atoms with Gasteiger partial charge in [0.25, 0.3) is 0 Å². The van der Waals surface area contributed by atoms with Crippen LogP contribution in [0.15, 0.2) is 0 Å². The molecule has 0 N–H and O–H groups in total. The molecule has 0 saturated carbocycles. The fraction of sp³-hybridized carbons (Fsp3) is 0.917. The Morgan fingerprint density at radius 1 is 1.50 bits per heavy atom. The van der Waals surface area contributed by atoms with Crippen LogP contribution in [0.25, 0.3) is 0 Å². The van der Waals surface area contributed by atoms with Crippen molar-refractivity contribution in [2.24, 2.45) is 5.92 Å². The lowest BCUT2D eigenvalue weighted by Crippen LogP contribution is -2.53. The summed E-state index contributed by atoms with van der Waals surface area (Å²) in [6, 6.07) is 2.89. The van der Waals surface area contributed by atoms with Gasteiger partial charge < -0.3 is 0 Å². The summed E-state index contributed by atoms with van der Waals surface area (Å²) in [5.74, 6) is 0.593. The standard InChI is InChI=1S/C12H22N2/c1-10(2)14-9-11(6-8-13)5-7-12(14,3)4/h10-11H,5-7,9H2,1-4H3. The van der Waals surface area contributed by atoms with E-state index >= 15 is 0 Å². The summed E-state index contributed by atoms with van der Waals surface area (Å²) in [4.78, 5) is 2.54. The molecule has 0 spiro atoms. The number of likely N-dealkylation sites (tertiary alicyclic amines) is 1. The van der Waals surface area contributed by atoms with Crippen LogP contribution in [0.4, 0.5) is 0 Å². The lowest BCUT2D eigenvalue weighted by Gasteiger charge is -2.47. The zero-order valence-electron chi connectivity index (χ0n) is 9.88. The van der Waals surface area contributed by atoms with Gasteiger partial charge in [0.05, 0.1) is 6.07 Å². The zero-order valence-corrected chi connectivity index (χ0v) is 9.88. The molecule has 0 aliphatic carbocycles. The molecule has 0 bridgehead atoms. The van der Waals surface area contributed by atoms with Crippen molar-refractivity contribution in [3.8, 4) is 6.07 Å². The largest absolute Gasteiger partial charge is 0.296 e. The van der Waals surface area contributed by atoms with Gasteiger partial charge in [-0.25, -0.2) is 0 Å². The lowest BCUT2D eigenvalue weighted by molar-refractivity contribution is 0.0198. The Labute approximate surface area is 87.9 Å². The van der Waals surface area contributed by atoms with Gasteiger partial charge in [-0.3, -0.25) is 4.90 Å². The first-order chi connectivity index (χ1) is 6.47. The van der Waals surface area contributed by atoms with Crippen molar-refractivity contribution in [1.82, 2.24) is 4.90 Å². The second-order valence-electron chi connectivity index (χ2n) is 5.33. The van der Waals surface area contributed by atoms with Gasteiger partial charge in [0.2, 0.25) is 0 Å². The molecule has 1 rings (SSSR count). The summed E-state index contributed by atoms with van der Waals surface area (Å²) in [6.07, 6.45) is 3.15. The van der Waals surface area contributed by atoms with Crippen molar-refractivity contribution in [3.63, 3.8) is 0 Å². The minimum Gasteiger partial charge on any atom is -0.296 e. The molecule has 1 aliphatic rings. The molecule has 1 aliphatic heterocycles. The quantitative estimate of drug-likeness (QED) is 0.676. The van der Waals surface area contributed by atoms with Gasteiger partial charge in [-0.15, -0.1) is 0 Å². The van der Waals surface area contributed by atoms with Crippen LogP contribution < -0.4 is 0 Å². The predicted molar refractivity (Wildman–Crippen MR) is 58.9 cm³/mol. The molecule has 0 radical (unpaired) electrons. The van der Waals surface area contributed by atoms with E-state index in [2.05, 4.69) is 38.7 Å². The minimum absolute atomic E-state index is 0.320. The number of rotatable bonds is 2. The number of hydrogen-bond donors (Lipinski definition) is 0. The molecule has 1 saturated heterocycles. The Morgan fingerprint density at radius 3 is 2.64 bits per heavy atom. The van der Waals surface area contributed by atoms with Crippen molar-refractivity contribution >= 4 is 0 Å². The topological polar surface area (TPSA) is 27.0 Å². The number of nitriles is 1. The van der Waals surface area contributed by atoms with E-state index in [0.29, 0.717) is 17.5 Å². The van der Waals surface area contributed by atoms with E-state index in [1.54, 1.807) is 0 Å². The second kappa shape index (κ2) is 4.31. The number of piperidine rings is 1. The van der Waals surface area contributed by atoms with Crippen molar-refractivity contribution in [2.75, 3.05) is 6.54 Å². The number of hydrogen-bond acceptors (Lipinski definition) is 2. The Balaban J connectivity index is 2.64. The zero-order chi connectivity index (χ0) is 10.8. The SMILES string of the molecule is CC(C)N1CC(CC#N)CCC1(C)C. The number of nitrogens with zero attached hydrogens (tertiary/aromatic N) is 2. The average molecular weight is 194 g/mol. The van der Waals surface area contributed by atoms with Crippen molar-refractivity contribution < 1.29 is 0 Å². The van der Waals surface area contributed by atoms with E-state index in [1.165, 1.54) is 12.8 Å². The van der Waals surface area contributed by atoms with Crippen LogP contribution in [0, 0.1) is 17.2 Å². The van der Waals surface area contributed by atoms with Gasteiger partial charge in [-0.2, -0.15) is 5.26 Å². The molecule has 0 aromatic rings. The first kappa shape index (κ1) is 11.5. The molecule has 80 valence electrons. The molecule has 14 heavy (non-hydrogen) atoms. The highest BCUT2D eigenvalue weighted by Crippen LogP contribution is 2.33. The maximum Gasteiger partial charge on any atom is 0.0625 e. The van der Waals surface area contributed by atoms with Gasteiger partial charge >= 0.3 is 0 Å². The molecule has 1 fully saturated rings. The van der Waals surface area contributed by atoms with Crippen LogP contribution in [0.1, 0.15) is 47.0 Å². The van der Waals surface area contributed by atoms with Gasteiger partial charge in [0.15, 0.2) is 0 Å². The van der Waals surface area contributed by atoms with Crippen molar-refractivity contribution in [1.29, 1.82) is 5.26 Å². The normalized spacial score (nSPS) is 27.6. The van der Waals surface area contributed by atoms with E-state index < -0.39 is 0 Å². The van der Waals surface area contributed by atoms with Crippen LogP contribution in [0.2, 0.25) is 0 Å². The molecule has 1 unspecified atom stereocenters. The van der Waals surface area contributed by atoms with Crippen LogP contribution >= 0.6 is 0 Å². The van der Waals surface area contributed by atoms with Gasteiger partial charge in [-0.1, -0.05) is 0 Å². The van der Waals surface area contributed by atoms with Crippen LogP contribution in [-0.4, -0.2) is 23.0 Å². The highest BCUT2D eigenvalue weighted by Gasteiger charge is 2.35. The molecule has 2 nitrogen and oxygen atoms in total. The third-order valence-electron chi connectivity index (χ3n) is 3.40.